The summed E-state index contributed by atoms with van der Waals surface area (Å²) in [5.74, 6) is 1.60. The molecule has 1 aromatic carbocycles. The highest BCUT2D eigenvalue weighted by Crippen LogP contribution is 2.31. The lowest BCUT2D eigenvalue weighted by molar-refractivity contribution is -0.130. The molecule has 1 fully saturated rings. The molecule has 1 unspecified atom stereocenters. The van der Waals surface area contributed by atoms with Gasteiger partial charge in [0.1, 0.15) is 5.75 Å². The fourth-order valence-corrected chi connectivity index (χ4v) is 6.26. The van der Waals surface area contributed by atoms with E-state index in [2.05, 4.69) is 16.8 Å². The number of carbonyl (C=O) groups is 1. The second kappa shape index (κ2) is 10.3. The van der Waals surface area contributed by atoms with Gasteiger partial charge in [0.05, 0.1) is 29.9 Å². The minimum absolute atomic E-state index is 0.0496. The molecule has 1 atom stereocenters. The van der Waals surface area contributed by atoms with Crippen LogP contribution in [0.25, 0.3) is 11.4 Å². The number of benzene rings is 1. The van der Waals surface area contributed by atoms with Crippen LogP contribution in [0.1, 0.15) is 19.8 Å². The maximum absolute atomic E-state index is 13.0. The van der Waals surface area contributed by atoms with Crippen LogP contribution in [0.3, 0.4) is 0 Å². The molecule has 3 rings (SSSR count). The Hall–Kier alpha value is -2.33. The van der Waals surface area contributed by atoms with E-state index in [1.54, 1.807) is 18.1 Å². The summed E-state index contributed by atoms with van der Waals surface area (Å²) in [6, 6.07) is 7.31. The maximum atomic E-state index is 13.0. The lowest BCUT2D eigenvalue weighted by Crippen LogP contribution is -2.42. The molecule has 8 nitrogen and oxygen atoms in total. The average molecular weight is 465 g/mol. The van der Waals surface area contributed by atoms with Gasteiger partial charge < -0.3 is 9.64 Å². The van der Waals surface area contributed by atoms with Gasteiger partial charge in [-0.05, 0) is 25.0 Å². The van der Waals surface area contributed by atoms with Gasteiger partial charge in [0.2, 0.25) is 5.91 Å². The van der Waals surface area contributed by atoms with Crippen molar-refractivity contribution in [2.75, 3.05) is 30.9 Å². The number of sulfone groups is 1. The summed E-state index contributed by atoms with van der Waals surface area (Å²) in [5, 5.41) is 9.22. The zero-order valence-electron chi connectivity index (χ0n) is 17.9. The SMILES string of the molecule is C=CCn1c(SCC(=O)N(CCC)C2CCS(=O)(=O)C2)nnc1-c1ccccc1OC. The van der Waals surface area contributed by atoms with Gasteiger partial charge in [-0.25, -0.2) is 8.42 Å². The summed E-state index contributed by atoms with van der Waals surface area (Å²) in [5.41, 5.74) is 0.807. The number of aromatic nitrogens is 3. The average Bonchev–Trinajstić information content (AvgIpc) is 3.33. The molecule has 0 spiro atoms. The molecule has 1 aromatic heterocycles. The van der Waals surface area contributed by atoms with Gasteiger partial charge in [0.25, 0.3) is 0 Å². The van der Waals surface area contributed by atoms with Crippen molar-refractivity contribution in [2.45, 2.75) is 37.5 Å². The summed E-state index contributed by atoms with van der Waals surface area (Å²) in [4.78, 5) is 14.7. The van der Waals surface area contributed by atoms with Crippen molar-refractivity contribution in [1.82, 2.24) is 19.7 Å². The first-order valence-electron chi connectivity index (χ1n) is 10.2. The van der Waals surface area contributed by atoms with Gasteiger partial charge in [-0.15, -0.1) is 16.8 Å². The van der Waals surface area contributed by atoms with Crippen molar-refractivity contribution in [3.05, 3.63) is 36.9 Å². The van der Waals surface area contributed by atoms with Crippen LogP contribution in [-0.2, 0) is 21.2 Å². The molecule has 1 aliphatic rings. The third-order valence-corrected chi connectivity index (χ3v) is 7.84. The predicted octanol–water partition coefficient (Wildman–Crippen LogP) is 2.66. The molecule has 0 bridgehead atoms. The molecule has 1 amide bonds. The Morgan fingerprint density at radius 1 is 1.39 bits per heavy atom. The van der Waals surface area contributed by atoms with E-state index < -0.39 is 9.84 Å². The molecule has 2 aromatic rings. The van der Waals surface area contributed by atoms with E-state index in [0.29, 0.717) is 36.2 Å². The number of methoxy groups -OCH3 is 1. The first-order valence-corrected chi connectivity index (χ1v) is 13.0. The Kier molecular flexibility index (Phi) is 7.77. The molecular weight excluding hydrogens is 436 g/mol. The van der Waals surface area contributed by atoms with Crippen LogP contribution in [0.5, 0.6) is 5.75 Å². The van der Waals surface area contributed by atoms with Crippen molar-refractivity contribution < 1.29 is 17.9 Å². The number of carbonyl (C=O) groups excluding carboxylic acids is 1. The maximum Gasteiger partial charge on any atom is 0.233 e. The highest BCUT2D eigenvalue weighted by atomic mass is 32.2. The van der Waals surface area contributed by atoms with Crippen LogP contribution >= 0.6 is 11.8 Å². The largest absolute Gasteiger partial charge is 0.496 e. The highest BCUT2D eigenvalue weighted by Gasteiger charge is 2.34. The van der Waals surface area contributed by atoms with Crippen LogP contribution in [0.2, 0.25) is 0 Å². The third kappa shape index (κ3) is 5.48. The van der Waals surface area contributed by atoms with Gasteiger partial charge in [-0.3, -0.25) is 9.36 Å². The quantitative estimate of drug-likeness (QED) is 0.394. The second-order valence-electron chi connectivity index (χ2n) is 7.34. The van der Waals surface area contributed by atoms with Gasteiger partial charge >= 0.3 is 0 Å². The van der Waals surface area contributed by atoms with E-state index >= 15 is 0 Å². The van der Waals surface area contributed by atoms with Gasteiger partial charge in [-0.2, -0.15) is 0 Å². The topological polar surface area (TPSA) is 94.4 Å². The summed E-state index contributed by atoms with van der Waals surface area (Å²) >= 11 is 1.30. The molecule has 10 heteroatoms. The number of hydrogen-bond acceptors (Lipinski definition) is 7. The lowest BCUT2D eigenvalue weighted by atomic mass is 10.2. The van der Waals surface area contributed by atoms with Crippen LogP contribution in [0, 0.1) is 0 Å². The van der Waals surface area contributed by atoms with Crippen molar-refractivity contribution >= 4 is 27.5 Å². The molecule has 2 heterocycles. The first-order chi connectivity index (χ1) is 14.9. The van der Waals surface area contributed by atoms with E-state index in [1.165, 1.54) is 11.8 Å². The summed E-state index contributed by atoms with van der Waals surface area (Å²) in [6.45, 7) is 6.83. The van der Waals surface area contributed by atoms with E-state index in [0.717, 1.165) is 12.0 Å². The molecule has 0 radical (unpaired) electrons. The van der Waals surface area contributed by atoms with Crippen LogP contribution in [0.15, 0.2) is 42.1 Å². The van der Waals surface area contributed by atoms with Gasteiger partial charge in [0, 0.05) is 19.1 Å². The molecular formula is C21H28N4O4S2. The Balaban J connectivity index is 1.78. The second-order valence-corrected chi connectivity index (χ2v) is 10.5. The number of amides is 1. The number of para-hydroxylation sites is 1. The molecule has 1 aliphatic heterocycles. The highest BCUT2D eigenvalue weighted by molar-refractivity contribution is 7.99. The number of nitrogens with zero attached hydrogens (tertiary/aromatic N) is 4. The zero-order chi connectivity index (χ0) is 22.4. The monoisotopic (exact) mass is 464 g/mol. The number of rotatable bonds is 10. The fourth-order valence-electron chi connectivity index (χ4n) is 3.70. The third-order valence-electron chi connectivity index (χ3n) is 5.14. The summed E-state index contributed by atoms with van der Waals surface area (Å²) in [7, 11) is -1.45. The van der Waals surface area contributed by atoms with Crippen molar-refractivity contribution in [3.8, 4) is 17.1 Å². The molecule has 0 N–H and O–H groups in total. The van der Waals surface area contributed by atoms with Crippen molar-refractivity contribution in [3.63, 3.8) is 0 Å². The lowest BCUT2D eigenvalue weighted by Gasteiger charge is -2.27. The fraction of sp³-hybridized carbons (Fsp3) is 0.476. The minimum atomic E-state index is -3.06. The summed E-state index contributed by atoms with van der Waals surface area (Å²) in [6.07, 6.45) is 3.03. The Bertz CT molecular complexity index is 1040. The van der Waals surface area contributed by atoms with Crippen molar-refractivity contribution in [1.29, 1.82) is 0 Å². The number of allylic oxidation sites excluding steroid dienone is 1. The smallest absolute Gasteiger partial charge is 0.233 e. The Labute approximate surface area is 187 Å². The van der Waals surface area contributed by atoms with E-state index in [1.807, 2.05) is 35.8 Å². The van der Waals surface area contributed by atoms with E-state index in [4.69, 9.17) is 4.74 Å². The molecule has 168 valence electrons. The number of ether oxygens (including phenoxy) is 1. The molecule has 0 aliphatic carbocycles. The Morgan fingerprint density at radius 2 is 2.16 bits per heavy atom. The molecule has 1 saturated heterocycles. The van der Waals surface area contributed by atoms with Gasteiger partial charge in [0.15, 0.2) is 20.8 Å². The summed E-state index contributed by atoms with van der Waals surface area (Å²) < 4.78 is 31.1. The van der Waals surface area contributed by atoms with Crippen LogP contribution < -0.4 is 4.74 Å². The van der Waals surface area contributed by atoms with Crippen LogP contribution in [-0.4, -0.2) is 70.9 Å². The molecule has 31 heavy (non-hydrogen) atoms. The minimum Gasteiger partial charge on any atom is -0.496 e. The van der Waals surface area contributed by atoms with Crippen LogP contribution in [0.4, 0.5) is 0 Å². The standard InChI is InChI=1S/C21H28N4O4S2/c1-4-11-24(16-10-13-31(27,28)15-16)19(26)14-30-21-23-22-20(25(21)12-5-2)17-8-6-7-9-18(17)29-3/h5-9,16H,2,4,10-15H2,1,3H3. The van der Waals surface area contributed by atoms with Gasteiger partial charge in [-0.1, -0.05) is 36.9 Å². The van der Waals surface area contributed by atoms with E-state index in [-0.39, 0.29) is 29.2 Å². The zero-order valence-corrected chi connectivity index (χ0v) is 19.5. The Morgan fingerprint density at radius 3 is 2.81 bits per heavy atom. The first kappa shape index (κ1) is 23.3. The van der Waals surface area contributed by atoms with Crippen molar-refractivity contribution in [2.24, 2.45) is 0 Å². The normalized spacial score (nSPS) is 17.4. The number of thioether (sulfide) groups is 1. The number of hydrogen-bond donors (Lipinski definition) is 0. The predicted molar refractivity (Wildman–Crippen MR) is 122 cm³/mol. The van der Waals surface area contributed by atoms with E-state index in [9.17, 15) is 13.2 Å². The molecule has 0 saturated carbocycles.